The maximum absolute atomic E-state index is 14.4. The van der Waals surface area contributed by atoms with Crippen LogP contribution in [0.15, 0.2) is 40.9 Å². The molecule has 0 aromatic heterocycles. The maximum atomic E-state index is 14.4. The molecule has 3 nitrogen and oxygen atoms in total. The summed E-state index contributed by atoms with van der Waals surface area (Å²) in [5.74, 6) is -1.59. The summed E-state index contributed by atoms with van der Waals surface area (Å²) in [6.07, 6.45) is 0.0383. The molecule has 0 aliphatic heterocycles. The fourth-order valence-electron chi connectivity index (χ4n) is 3.19. The van der Waals surface area contributed by atoms with Crippen molar-refractivity contribution in [1.82, 2.24) is 0 Å². The van der Waals surface area contributed by atoms with Gasteiger partial charge >= 0.3 is 0 Å². The molecule has 0 fully saturated rings. The fraction of sp³-hybridized carbons (Fsp3) is 0.143. The summed E-state index contributed by atoms with van der Waals surface area (Å²) in [6, 6.07) is 8.35. The second kappa shape index (κ2) is 8.60. The van der Waals surface area contributed by atoms with E-state index in [2.05, 4.69) is 15.9 Å². The monoisotopic (exact) mass is 518 g/mol. The smallest absolute Gasteiger partial charge is 0.138 e. The number of rotatable bonds is 4. The zero-order chi connectivity index (χ0) is 21.5. The summed E-state index contributed by atoms with van der Waals surface area (Å²) >= 11 is 21.3. The minimum absolute atomic E-state index is 0.0383. The standard InChI is InChI=1S/C21H15BrCl3FO3/c1-9(15-5-13(24)7-18(25)21(15)29)16-8-14(26)4-11(19(16)27)2-10-3-12(23)6-17(22)20(10)28/h3-9,27-29H,2H2,1H3. The summed E-state index contributed by atoms with van der Waals surface area (Å²) in [4.78, 5) is 0. The Bertz CT molecular complexity index is 1110. The lowest BCUT2D eigenvalue weighted by Gasteiger charge is -2.19. The number of halogens is 5. The molecule has 3 aromatic carbocycles. The van der Waals surface area contributed by atoms with Gasteiger partial charge in [-0.1, -0.05) is 41.7 Å². The lowest BCUT2D eigenvalue weighted by Crippen LogP contribution is -2.02. The van der Waals surface area contributed by atoms with Crippen molar-refractivity contribution >= 4 is 50.7 Å². The van der Waals surface area contributed by atoms with Gasteiger partial charge in [0.25, 0.3) is 0 Å². The van der Waals surface area contributed by atoms with Crippen LogP contribution in [0.3, 0.4) is 0 Å². The van der Waals surface area contributed by atoms with Crippen LogP contribution in [0.4, 0.5) is 4.39 Å². The highest BCUT2D eigenvalue weighted by Gasteiger charge is 2.22. The molecule has 1 atom stereocenters. The molecule has 0 aliphatic rings. The van der Waals surface area contributed by atoms with Gasteiger partial charge in [-0.15, -0.1) is 0 Å². The van der Waals surface area contributed by atoms with Gasteiger partial charge in [0, 0.05) is 44.6 Å². The Morgan fingerprint density at radius 2 is 1.41 bits per heavy atom. The number of phenols is 3. The molecular formula is C21H15BrCl3FO3. The molecule has 0 spiro atoms. The molecule has 152 valence electrons. The Morgan fingerprint density at radius 3 is 2.10 bits per heavy atom. The largest absolute Gasteiger partial charge is 0.507 e. The molecular weight excluding hydrogens is 505 g/mol. The first-order chi connectivity index (χ1) is 13.6. The summed E-state index contributed by atoms with van der Waals surface area (Å²) in [7, 11) is 0. The predicted molar refractivity (Wildman–Crippen MR) is 117 cm³/mol. The fourth-order valence-corrected chi connectivity index (χ4v) is 4.57. The topological polar surface area (TPSA) is 60.7 Å². The molecule has 3 rings (SSSR count). The van der Waals surface area contributed by atoms with E-state index in [0.717, 1.165) is 0 Å². The van der Waals surface area contributed by atoms with Gasteiger partial charge in [-0.05, 0) is 52.3 Å². The second-order valence-corrected chi connectivity index (χ2v) is 8.76. The first-order valence-electron chi connectivity index (χ1n) is 8.44. The van der Waals surface area contributed by atoms with Crippen molar-refractivity contribution in [3.63, 3.8) is 0 Å². The van der Waals surface area contributed by atoms with Crippen molar-refractivity contribution in [1.29, 1.82) is 0 Å². The molecule has 0 saturated heterocycles. The van der Waals surface area contributed by atoms with Crippen LogP contribution >= 0.6 is 50.7 Å². The van der Waals surface area contributed by atoms with Crippen LogP contribution in [0.2, 0.25) is 15.1 Å². The van der Waals surface area contributed by atoms with Crippen molar-refractivity contribution in [2.24, 2.45) is 0 Å². The third-order valence-electron chi connectivity index (χ3n) is 4.66. The van der Waals surface area contributed by atoms with Crippen molar-refractivity contribution in [3.8, 4) is 17.2 Å². The minimum atomic E-state index is -0.611. The van der Waals surface area contributed by atoms with Gasteiger partial charge in [0.05, 0.1) is 9.50 Å². The molecule has 0 heterocycles. The Morgan fingerprint density at radius 1 is 0.828 bits per heavy atom. The van der Waals surface area contributed by atoms with Gasteiger partial charge in [0.2, 0.25) is 0 Å². The van der Waals surface area contributed by atoms with E-state index in [1.807, 2.05) is 0 Å². The van der Waals surface area contributed by atoms with Gasteiger partial charge in [-0.2, -0.15) is 0 Å². The van der Waals surface area contributed by atoms with E-state index >= 15 is 0 Å². The van der Waals surface area contributed by atoms with Crippen LogP contribution in [0.5, 0.6) is 17.2 Å². The SMILES string of the molecule is CC(c1cc(Cl)cc(Cl)c1O)c1cc(F)cc(Cc2cc(Cl)cc(Br)c2O)c1O. The van der Waals surface area contributed by atoms with E-state index in [1.165, 1.54) is 36.4 Å². The van der Waals surface area contributed by atoms with Gasteiger partial charge in [0.15, 0.2) is 0 Å². The molecule has 3 aromatic rings. The summed E-state index contributed by atoms with van der Waals surface area (Å²) in [5, 5.41) is 32.1. The highest BCUT2D eigenvalue weighted by Crippen LogP contribution is 2.42. The number of hydrogen-bond acceptors (Lipinski definition) is 3. The van der Waals surface area contributed by atoms with E-state index < -0.39 is 11.7 Å². The molecule has 1 unspecified atom stereocenters. The van der Waals surface area contributed by atoms with Crippen LogP contribution in [0.1, 0.15) is 35.1 Å². The van der Waals surface area contributed by atoms with E-state index in [4.69, 9.17) is 34.8 Å². The molecule has 0 saturated carbocycles. The predicted octanol–water partition coefficient (Wildman–Crippen LogP) is 7.41. The van der Waals surface area contributed by atoms with Gasteiger partial charge in [-0.25, -0.2) is 4.39 Å². The third kappa shape index (κ3) is 4.58. The van der Waals surface area contributed by atoms with Gasteiger partial charge < -0.3 is 15.3 Å². The van der Waals surface area contributed by atoms with Crippen molar-refractivity contribution in [2.45, 2.75) is 19.3 Å². The highest BCUT2D eigenvalue weighted by molar-refractivity contribution is 9.10. The summed E-state index contributed by atoms with van der Waals surface area (Å²) in [5.41, 5.74) is 1.26. The quantitative estimate of drug-likeness (QED) is 0.336. The number of benzene rings is 3. The van der Waals surface area contributed by atoms with E-state index in [9.17, 15) is 19.7 Å². The molecule has 3 N–H and O–H groups in total. The Labute approximate surface area is 190 Å². The van der Waals surface area contributed by atoms with Crippen molar-refractivity contribution < 1.29 is 19.7 Å². The number of phenolic OH excluding ortho intramolecular Hbond substituents is 3. The lowest BCUT2D eigenvalue weighted by molar-refractivity contribution is 0.449. The Kier molecular flexibility index (Phi) is 6.54. The molecule has 0 aliphatic carbocycles. The molecule has 0 bridgehead atoms. The Hall–Kier alpha value is -1.66. The van der Waals surface area contributed by atoms with E-state index in [-0.39, 0.29) is 39.8 Å². The summed E-state index contributed by atoms with van der Waals surface area (Å²) < 4.78 is 14.8. The van der Waals surface area contributed by atoms with Crippen molar-refractivity contribution in [3.05, 3.63) is 84.0 Å². The zero-order valence-corrected chi connectivity index (χ0v) is 18.8. The maximum Gasteiger partial charge on any atom is 0.138 e. The van der Waals surface area contributed by atoms with E-state index in [1.54, 1.807) is 6.92 Å². The van der Waals surface area contributed by atoms with Crippen LogP contribution in [0, 0.1) is 5.82 Å². The third-order valence-corrected chi connectivity index (χ3v) is 5.99. The minimum Gasteiger partial charge on any atom is -0.507 e. The van der Waals surface area contributed by atoms with E-state index in [0.29, 0.717) is 25.6 Å². The highest BCUT2D eigenvalue weighted by atomic mass is 79.9. The van der Waals surface area contributed by atoms with Gasteiger partial charge in [0.1, 0.15) is 23.1 Å². The molecule has 29 heavy (non-hydrogen) atoms. The summed E-state index contributed by atoms with van der Waals surface area (Å²) in [6.45, 7) is 1.69. The van der Waals surface area contributed by atoms with Crippen LogP contribution in [-0.2, 0) is 6.42 Å². The number of hydrogen-bond donors (Lipinski definition) is 3. The van der Waals surface area contributed by atoms with Crippen LogP contribution < -0.4 is 0 Å². The molecule has 8 heteroatoms. The van der Waals surface area contributed by atoms with Crippen molar-refractivity contribution in [2.75, 3.05) is 0 Å². The lowest BCUT2D eigenvalue weighted by atomic mass is 9.89. The van der Waals surface area contributed by atoms with Crippen LogP contribution in [0.25, 0.3) is 0 Å². The normalized spacial score (nSPS) is 12.2. The average molecular weight is 521 g/mol. The zero-order valence-electron chi connectivity index (χ0n) is 15.0. The Balaban J connectivity index is 2.09. The van der Waals surface area contributed by atoms with Gasteiger partial charge in [-0.3, -0.25) is 0 Å². The van der Waals surface area contributed by atoms with Crippen LogP contribution in [-0.4, -0.2) is 15.3 Å². The number of aromatic hydroxyl groups is 3. The second-order valence-electron chi connectivity index (χ2n) is 6.62. The first-order valence-corrected chi connectivity index (χ1v) is 10.4. The average Bonchev–Trinajstić information content (AvgIpc) is 2.64. The molecule has 0 radical (unpaired) electrons. The molecule has 0 amide bonds. The first kappa shape index (κ1) is 22.0.